The van der Waals surface area contributed by atoms with Gasteiger partial charge in [0.15, 0.2) is 0 Å². The molecule has 39 heavy (non-hydrogen) atoms. The van der Waals surface area contributed by atoms with Gasteiger partial charge in [-0.25, -0.2) is 19.2 Å². The molecule has 1 aromatic heterocycles. The molecule has 4 N–H and O–H groups in total. The first-order valence-electron chi connectivity index (χ1n) is 12.4. The molecule has 9 nitrogen and oxygen atoms in total. The molecule has 0 bridgehead atoms. The van der Waals surface area contributed by atoms with Crippen LogP contribution in [0.2, 0.25) is 0 Å². The summed E-state index contributed by atoms with van der Waals surface area (Å²) < 4.78 is 26.9. The molecule has 0 unspecified atom stereocenters. The third-order valence-electron chi connectivity index (χ3n) is 6.30. The lowest BCUT2D eigenvalue weighted by atomic mass is 9.97. The fourth-order valence-corrected chi connectivity index (χ4v) is 4.45. The highest BCUT2D eigenvalue weighted by Gasteiger charge is 2.30. The fraction of sp³-hybridized carbons (Fsp3) is 0.333. The van der Waals surface area contributed by atoms with Gasteiger partial charge in [0.1, 0.15) is 17.7 Å². The maximum absolute atomic E-state index is 13.4. The first kappa shape index (κ1) is 29.8. The van der Waals surface area contributed by atoms with Gasteiger partial charge in [-0.1, -0.05) is 32.4 Å². The largest absolute Gasteiger partial charge is 0.342 e. The maximum Gasteiger partial charge on any atom is 0.266 e. The van der Waals surface area contributed by atoms with E-state index in [0.29, 0.717) is 17.7 Å². The maximum atomic E-state index is 13.4. The molecule has 0 saturated carbocycles. The van der Waals surface area contributed by atoms with Crippen molar-refractivity contribution in [3.63, 3.8) is 0 Å². The van der Waals surface area contributed by atoms with Crippen molar-refractivity contribution in [2.24, 2.45) is 5.92 Å². The number of hydrogen-bond donors (Lipinski definition) is 4. The van der Waals surface area contributed by atoms with Gasteiger partial charge < -0.3 is 10.2 Å². The molecule has 0 spiro atoms. The van der Waals surface area contributed by atoms with Gasteiger partial charge in [0.2, 0.25) is 5.91 Å². The Morgan fingerprint density at radius 1 is 1.03 bits per heavy atom. The van der Waals surface area contributed by atoms with Crippen molar-refractivity contribution >= 4 is 29.1 Å². The van der Waals surface area contributed by atoms with Gasteiger partial charge in [-0.05, 0) is 47.9 Å². The highest BCUT2D eigenvalue weighted by Crippen LogP contribution is 2.14. The zero-order valence-electron chi connectivity index (χ0n) is 21.6. The van der Waals surface area contributed by atoms with E-state index in [4.69, 9.17) is 0 Å². The SMILES string of the molecule is CC[C@@H](C)[C@@H](NCN(Cc1ccc(F)cc1)C(=O)c1ccc(F)cc1)C(=O)N[C@H](Cc1cscn1)C(=O)NO. The molecule has 1 heterocycles. The molecular formula is C27H31F2N5O4S. The van der Waals surface area contributed by atoms with E-state index < -0.39 is 41.4 Å². The normalized spacial score (nSPS) is 13.3. The topological polar surface area (TPSA) is 124 Å². The van der Waals surface area contributed by atoms with Crippen LogP contribution in [0.5, 0.6) is 0 Å². The second-order valence-electron chi connectivity index (χ2n) is 9.08. The Hall–Kier alpha value is -3.74. The van der Waals surface area contributed by atoms with Crippen molar-refractivity contribution in [1.82, 2.24) is 26.0 Å². The lowest BCUT2D eigenvalue weighted by Crippen LogP contribution is -2.56. The molecule has 3 rings (SSSR count). The first-order chi connectivity index (χ1) is 18.7. The highest BCUT2D eigenvalue weighted by molar-refractivity contribution is 7.07. The van der Waals surface area contributed by atoms with Crippen molar-refractivity contribution < 1.29 is 28.4 Å². The number of nitrogens with one attached hydrogen (secondary N) is 3. The predicted octanol–water partition coefficient (Wildman–Crippen LogP) is 3.26. The molecule has 0 saturated heterocycles. The summed E-state index contributed by atoms with van der Waals surface area (Å²) in [5.74, 6) is -2.80. The van der Waals surface area contributed by atoms with E-state index >= 15 is 0 Å². The molecule has 0 fully saturated rings. The summed E-state index contributed by atoms with van der Waals surface area (Å²) in [7, 11) is 0. The van der Waals surface area contributed by atoms with Crippen molar-refractivity contribution in [2.75, 3.05) is 6.67 Å². The predicted molar refractivity (Wildman–Crippen MR) is 142 cm³/mol. The quantitative estimate of drug-likeness (QED) is 0.145. The average Bonchev–Trinajstić information content (AvgIpc) is 3.45. The molecule has 12 heteroatoms. The lowest BCUT2D eigenvalue weighted by Gasteiger charge is -2.30. The minimum Gasteiger partial charge on any atom is -0.342 e. The van der Waals surface area contributed by atoms with Crippen LogP contribution < -0.4 is 16.1 Å². The molecular weight excluding hydrogens is 528 g/mol. The number of aromatic nitrogens is 1. The number of benzene rings is 2. The third-order valence-corrected chi connectivity index (χ3v) is 6.94. The summed E-state index contributed by atoms with van der Waals surface area (Å²) in [5, 5.41) is 16.7. The Kier molecular flexibility index (Phi) is 11.0. The van der Waals surface area contributed by atoms with E-state index in [9.17, 15) is 28.4 Å². The lowest BCUT2D eigenvalue weighted by molar-refractivity contribution is -0.135. The average molecular weight is 560 g/mol. The number of hydrogen-bond acceptors (Lipinski definition) is 7. The Bertz CT molecular complexity index is 1230. The molecule has 0 aliphatic heterocycles. The fourth-order valence-electron chi connectivity index (χ4n) is 3.88. The van der Waals surface area contributed by atoms with Gasteiger partial charge in [-0.15, -0.1) is 11.3 Å². The van der Waals surface area contributed by atoms with E-state index in [0.717, 1.165) is 0 Å². The van der Waals surface area contributed by atoms with E-state index in [1.807, 2.05) is 13.8 Å². The van der Waals surface area contributed by atoms with Crippen LogP contribution in [-0.4, -0.2) is 51.6 Å². The van der Waals surface area contributed by atoms with Crippen LogP contribution in [0.3, 0.4) is 0 Å². The van der Waals surface area contributed by atoms with Crippen LogP contribution >= 0.6 is 11.3 Å². The van der Waals surface area contributed by atoms with Gasteiger partial charge in [-0.2, -0.15) is 0 Å². The molecule has 3 atom stereocenters. The molecule has 0 radical (unpaired) electrons. The number of thiazole rings is 1. The number of carbonyl (C=O) groups is 3. The molecule has 0 aliphatic rings. The first-order valence-corrected chi connectivity index (χ1v) is 13.3. The standard InChI is InChI=1S/C27H31F2N5O4S/c1-3-17(2)24(26(36)32-23(25(35)33-38)12-22-14-39-16-31-22)30-15-34(13-18-4-8-20(28)9-5-18)27(37)19-6-10-21(29)11-7-19/h4-11,14,16-17,23-24,30,38H,3,12-13,15H2,1-2H3,(H,32,36)(H,33,35)/t17-,23-,24-/m1/s1. The Balaban J connectivity index is 1.79. The van der Waals surface area contributed by atoms with Crippen molar-refractivity contribution in [3.8, 4) is 0 Å². The summed E-state index contributed by atoms with van der Waals surface area (Å²) in [6.45, 7) is 3.78. The number of nitrogens with zero attached hydrogens (tertiary/aromatic N) is 2. The molecule has 3 aromatic rings. The number of amides is 3. The van der Waals surface area contributed by atoms with Crippen LogP contribution in [0.15, 0.2) is 59.4 Å². The monoisotopic (exact) mass is 559 g/mol. The van der Waals surface area contributed by atoms with Crippen molar-refractivity contribution in [2.45, 2.75) is 45.3 Å². The third kappa shape index (κ3) is 8.63. The van der Waals surface area contributed by atoms with E-state index in [1.165, 1.54) is 52.6 Å². The van der Waals surface area contributed by atoms with Crippen LogP contribution in [-0.2, 0) is 22.6 Å². The van der Waals surface area contributed by atoms with Crippen LogP contribution in [0, 0.1) is 17.6 Å². The number of carbonyl (C=O) groups excluding carboxylic acids is 3. The van der Waals surface area contributed by atoms with Crippen molar-refractivity contribution in [3.05, 3.63) is 87.9 Å². The second-order valence-corrected chi connectivity index (χ2v) is 9.80. The van der Waals surface area contributed by atoms with Crippen molar-refractivity contribution in [1.29, 1.82) is 0 Å². The zero-order valence-corrected chi connectivity index (χ0v) is 22.4. The minimum atomic E-state index is -1.07. The van der Waals surface area contributed by atoms with Crippen LogP contribution in [0.1, 0.15) is 41.9 Å². The van der Waals surface area contributed by atoms with Gasteiger partial charge in [-0.3, -0.25) is 24.9 Å². The smallest absolute Gasteiger partial charge is 0.266 e. The second kappa shape index (κ2) is 14.4. The summed E-state index contributed by atoms with van der Waals surface area (Å²) >= 11 is 1.34. The summed E-state index contributed by atoms with van der Waals surface area (Å²) in [5.41, 5.74) is 4.66. The summed E-state index contributed by atoms with van der Waals surface area (Å²) in [6.07, 6.45) is 0.687. The van der Waals surface area contributed by atoms with Gasteiger partial charge >= 0.3 is 0 Å². The van der Waals surface area contributed by atoms with E-state index in [-0.39, 0.29) is 31.1 Å². The number of hydroxylamine groups is 1. The Labute approximate surface area is 229 Å². The van der Waals surface area contributed by atoms with Gasteiger partial charge in [0.25, 0.3) is 11.8 Å². The van der Waals surface area contributed by atoms with E-state index in [1.54, 1.807) is 28.5 Å². The summed E-state index contributed by atoms with van der Waals surface area (Å²) in [6, 6.07) is 8.88. The molecule has 3 amide bonds. The number of rotatable bonds is 13. The Morgan fingerprint density at radius 2 is 1.67 bits per heavy atom. The molecule has 0 aliphatic carbocycles. The molecule has 208 valence electrons. The zero-order chi connectivity index (χ0) is 28.4. The summed E-state index contributed by atoms with van der Waals surface area (Å²) in [4.78, 5) is 44.5. The number of halogens is 2. The van der Waals surface area contributed by atoms with Crippen LogP contribution in [0.4, 0.5) is 8.78 Å². The van der Waals surface area contributed by atoms with Gasteiger partial charge in [0.05, 0.1) is 23.9 Å². The minimum absolute atomic E-state index is 0.0705. The Morgan fingerprint density at radius 3 is 2.23 bits per heavy atom. The van der Waals surface area contributed by atoms with Crippen LogP contribution in [0.25, 0.3) is 0 Å². The van der Waals surface area contributed by atoms with E-state index in [2.05, 4.69) is 15.6 Å². The highest BCUT2D eigenvalue weighted by atomic mass is 32.1. The molecule has 2 aromatic carbocycles. The van der Waals surface area contributed by atoms with Gasteiger partial charge in [0, 0.05) is 23.9 Å².